The second-order valence-electron chi connectivity index (χ2n) is 5.70. The fraction of sp³-hybridized carbons (Fsp3) is 0.556. The van der Waals surface area contributed by atoms with Gasteiger partial charge in [-0.05, 0) is 50.1 Å². The van der Waals surface area contributed by atoms with Crippen molar-refractivity contribution in [2.45, 2.75) is 45.2 Å². The van der Waals surface area contributed by atoms with Crippen LogP contribution >= 0.6 is 0 Å². The molecule has 1 aliphatic heterocycles. The highest BCUT2D eigenvalue weighted by atomic mass is 16.5. The molecule has 0 saturated carbocycles. The Morgan fingerprint density at radius 3 is 2.95 bits per heavy atom. The number of methoxy groups -OCH3 is 1. The van der Waals surface area contributed by atoms with E-state index in [1.807, 2.05) is 12.1 Å². The second-order valence-corrected chi connectivity index (χ2v) is 5.70. The molecule has 1 unspecified atom stereocenters. The molecule has 2 N–H and O–H groups in total. The second kappa shape index (κ2) is 8.07. The number of likely N-dealkylation sites (tertiary alicyclic amines) is 1. The molecule has 0 aromatic heterocycles. The molecule has 3 heteroatoms. The van der Waals surface area contributed by atoms with Crippen molar-refractivity contribution in [3.8, 4) is 17.6 Å². The Kier molecular flexibility index (Phi) is 6.10. The van der Waals surface area contributed by atoms with E-state index in [0.717, 1.165) is 17.9 Å². The Balaban J connectivity index is 2.23. The van der Waals surface area contributed by atoms with Crippen LogP contribution in [-0.4, -0.2) is 31.1 Å². The molecule has 1 fully saturated rings. The van der Waals surface area contributed by atoms with Gasteiger partial charge in [0.2, 0.25) is 0 Å². The Morgan fingerprint density at radius 1 is 1.33 bits per heavy atom. The van der Waals surface area contributed by atoms with Crippen LogP contribution in [0.5, 0.6) is 5.75 Å². The smallest absolute Gasteiger partial charge is 0.119 e. The molecule has 1 atom stereocenters. The van der Waals surface area contributed by atoms with Crippen LogP contribution in [0.15, 0.2) is 18.2 Å². The van der Waals surface area contributed by atoms with E-state index < -0.39 is 0 Å². The number of hydrogen-bond donors (Lipinski definition) is 1. The molecular weight excluding hydrogens is 260 g/mol. The predicted molar refractivity (Wildman–Crippen MR) is 87.3 cm³/mol. The van der Waals surface area contributed by atoms with Gasteiger partial charge >= 0.3 is 0 Å². The standard InChI is InChI=1S/C18H26N2O/c1-15-7-4-3-5-12-20(15)14-17-13-18(21-2)10-9-16(17)8-6-11-19/h9-10,13,15H,3-5,7,11-12,14,19H2,1-2H3. The zero-order valence-electron chi connectivity index (χ0n) is 13.2. The number of nitrogens with two attached hydrogens (primary N) is 1. The Bertz CT molecular complexity index is 516. The number of ether oxygens (including phenoxy) is 1. The lowest BCUT2D eigenvalue weighted by Gasteiger charge is -2.27. The van der Waals surface area contributed by atoms with E-state index in [0.29, 0.717) is 12.6 Å². The molecule has 114 valence electrons. The van der Waals surface area contributed by atoms with E-state index >= 15 is 0 Å². The normalized spacial score (nSPS) is 19.5. The summed E-state index contributed by atoms with van der Waals surface area (Å²) in [4.78, 5) is 2.56. The van der Waals surface area contributed by atoms with Crippen LogP contribution in [0.3, 0.4) is 0 Å². The van der Waals surface area contributed by atoms with Crippen LogP contribution in [0.2, 0.25) is 0 Å². The Hall–Kier alpha value is -1.50. The Morgan fingerprint density at radius 2 is 2.19 bits per heavy atom. The topological polar surface area (TPSA) is 38.5 Å². The SMILES string of the molecule is COc1ccc(C#CCN)c(CN2CCCCCC2C)c1. The number of benzene rings is 1. The van der Waals surface area contributed by atoms with Crippen molar-refractivity contribution in [3.05, 3.63) is 29.3 Å². The quantitative estimate of drug-likeness (QED) is 0.868. The molecule has 1 heterocycles. The summed E-state index contributed by atoms with van der Waals surface area (Å²) in [5.41, 5.74) is 7.81. The maximum absolute atomic E-state index is 5.50. The zero-order valence-corrected chi connectivity index (χ0v) is 13.2. The van der Waals surface area contributed by atoms with Crippen molar-refractivity contribution in [2.24, 2.45) is 5.73 Å². The minimum atomic E-state index is 0.394. The molecule has 2 rings (SSSR count). The van der Waals surface area contributed by atoms with Crippen LogP contribution < -0.4 is 10.5 Å². The van der Waals surface area contributed by atoms with Gasteiger partial charge in [-0.1, -0.05) is 24.7 Å². The average molecular weight is 286 g/mol. The molecule has 1 aromatic rings. The largest absolute Gasteiger partial charge is 0.497 e. The van der Waals surface area contributed by atoms with Crippen molar-refractivity contribution >= 4 is 0 Å². The van der Waals surface area contributed by atoms with Gasteiger partial charge in [-0.2, -0.15) is 0 Å². The first kappa shape index (κ1) is 15.9. The molecule has 1 saturated heterocycles. The highest BCUT2D eigenvalue weighted by Gasteiger charge is 2.18. The summed E-state index contributed by atoms with van der Waals surface area (Å²) >= 11 is 0. The molecule has 1 aromatic carbocycles. The van der Waals surface area contributed by atoms with Gasteiger partial charge in [0.05, 0.1) is 13.7 Å². The van der Waals surface area contributed by atoms with Crippen LogP contribution in [-0.2, 0) is 6.54 Å². The van der Waals surface area contributed by atoms with Gasteiger partial charge in [-0.15, -0.1) is 0 Å². The van der Waals surface area contributed by atoms with Gasteiger partial charge in [0.1, 0.15) is 5.75 Å². The van der Waals surface area contributed by atoms with Gasteiger partial charge in [0.15, 0.2) is 0 Å². The maximum atomic E-state index is 5.50. The first-order chi connectivity index (χ1) is 10.2. The number of rotatable bonds is 3. The van der Waals surface area contributed by atoms with E-state index in [9.17, 15) is 0 Å². The van der Waals surface area contributed by atoms with E-state index in [2.05, 4.69) is 29.7 Å². The Labute approximate surface area is 128 Å². The lowest BCUT2D eigenvalue weighted by atomic mass is 10.1. The van der Waals surface area contributed by atoms with Gasteiger partial charge in [0.25, 0.3) is 0 Å². The van der Waals surface area contributed by atoms with Gasteiger partial charge in [0, 0.05) is 18.2 Å². The first-order valence-corrected chi connectivity index (χ1v) is 7.84. The third kappa shape index (κ3) is 4.49. The average Bonchev–Trinajstić information content (AvgIpc) is 2.71. The van der Waals surface area contributed by atoms with Crippen LogP contribution in [0.25, 0.3) is 0 Å². The molecule has 21 heavy (non-hydrogen) atoms. The first-order valence-electron chi connectivity index (χ1n) is 7.84. The van der Waals surface area contributed by atoms with Gasteiger partial charge in [-0.3, -0.25) is 4.90 Å². The summed E-state index contributed by atoms with van der Waals surface area (Å²) in [6.45, 7) is 4.83. The number of nitrogens with zero attached hydrogens (tertiary/aromatic N) is 1. The lowest BCUT2D eigenvalue weighted by Crippen LogP contribution is -2.32. The lowest BCUT2D eigenvalue weighted by molar-refractivity contribution is 0.204. The fourth-order valence-corrected chi connectivity index (χ4v) is 2.88. The molecular formula is C18H26N2O. The van der Waals surface area contributed by atoms with Crippen molar-refractivity contribution in [1.29, 1.82) is 0 Å². The summed E-state index contributed by atoms with van der Waals surface area (Å²) in [7, 11) is 1.71. The van der Waals surface area contributed by atoms with E-state index in [-0.39, 0.29) is 0 Å². The van der Waals surface area contributed by atoms with E-state index in [4.69, 9.17) is 10.5 Å². The zero-order chi connectivity index (χ0) is 15.1. The molecule has 1 aliphatic rings. The monoisotopic (exact) mass is 286 g/mol. The minimum absolute atomic E-state index is 0.394. The fourth-order valence-electron chi connectivity index (χ4n) is 2.88. The molecule has 0 spiro atoms. The van der Waals surface area contributed by atoms with E-state index in [1.165, 1.54) is 37.8 Å². The molecule has 0 amide bonds. The van der Waals surface area contributed by atoms with Gasteiger partial charge in [-0.25, -0.2) is 0 Å². The highest BCUT2D eigenvalue weighted by molar-refractivity contribution is 5.45. The molecule has 0 radical (unpaired) electrons. The molecule has 3 nitrogen and oxygen atoms in total. The highest BCUT2D eigenvalue weighted by Crippen LogP contribution is 2.23. The van der Waals surface area contributed by atoms with Gasteiger partial charge < -0.3 is 10.5 Å². The van der Waals surface area contributed by atoms with Crippen molar-refractivity contribution in [3.63, 3.8) is 0 Å². The molecule has 0 aliphatic carbocycles. The predicted octanol–water partition coefficient (Wildman–Crippen LogP) is 2.77. The summed E-state index contributed by atoms with van der Waals surface area (Å²) in [6.07, 6.45) is 5.26. The summed E-state index contributed by atoms with van der Waals surface area (Å²) in [6, 6.07) is 6.75. The summed E-state index contributed by atoms with van der Waals surface area (Å²) < 4.78 is 5.36. The van der Waals surface area contributed by atoms with Crippen LogP contribution in [0, 0.1) is 11.8 Å². The maximum Gasteiger partial charge on any atom is 0.119 e. The summed E-state index contributed by atoms with van der Waals surface area (Å²) in [5, 5.41) is 0. The van der Waals surface area contributed by atoms with Crippen molar-refractivity contribution in [1.82, 2.24) is 4.90 Å². The third-order valence-corrected chi connectivity index (χ3v) is 4.20. The third-order valence-electron chi connectivity index (χ3n) is 4.20. The van der Waals surface area contributed by atoms with Crippen LogP contribution in [0.4, 0.5) is 0 Å². The van der Waals surface area contributed by atoms with Crippen molar-refractivity contribution in [2.75, 3.05) is 20.2 Å². The number of hydrogen-bond acceptors (Lipinski definition) is 3. The summed E-state index contributed by atoms with van der Waals surface area (Å²) in [5.74, 6) is 7.04. The van der Waals surface area contributed by atoms with E-state index in [1.54, 1.807) is 7.11 Å². The van der Waals surface area contributed by atoms with Crippen LogP contribution in [0.1, 0.15) is 43.7 Å². The molecule has 0 bridgehead atoms. The van der Waals surface area contributed by atoms with Crippen molar-refractivity contribution < 1.29 is 4.74 Å². The minimum Gasteiger partial charge on any atom is -0.497 e.